The molecule has 0 spiro atoms. The van der Waals surface area contributed by atoms with Gasteiger partial charge in [0.2, 0.25) is 0 Å². The number of benzene rings is 1. The average molecular weight is 266 g/mol. The van der Waals surface area contributed by atoms with Crippen molar-refractivity contribution in [1.82, 2.24) is 14.8 Å². The number of hydrogen-bond donors (Lipinski definition) is 1. The Morgan fingerprint density at radius 2 is 2.00 bits per heavy atom. The van der Waals surface area contributed by atoms with Gasteiger partial charge in [-0.25, -0.2) is 0 Å². The largest absolute Gasteiger partial charge is 0.388 e. The molecule has 18 heavy (non-hydrogen) atoms. The second kappa shape index (κ2) is 5.50. The molecule has 0 bridgehead atoms. The van der Waals surface area contributed by atoms with E-state index < -0.39 is 0 Å². The Bertz CT molecular complexity index is 537. The van der Waals surface area contributed by atoms with E-state index in [2.05, 4.69) is 10.2 Å². The minimum Gasteiger partial charge on any atom is -0.388 e. The Morgan fingerprint density at radius 3 is 2.61 bits per heavy atom. The van der Waals surface area contributed by atoms with E-state index in [0.717, 1.165) is 11.4 Å². The van der Waals surface area contributed by atoms with E-state index in [4.69, 9.17) is 11.6 Å². The number of halogens is 1. The van der Waals surface area contributed by atoms with Crippen molar-refractivity contribution in [2.24, 2.45) is 0 Å². The van der Waals surface area contributed by atoms with Crippen LogP contribution in [0.15, 0.2) is 24.3 Å². The zero-order chi connectivity index (χ0) is 13.1. The van der Waals surface area contributed by atoms with E-state index >= 15 is 0 Å². The number of aliphatic hydroxyl groups is 1. The highest BCUT2D eigenvalue weighted by atomic mass is 35.5. The summed E-state index contributed by atoms with van der Waals surface area (Å²) in [6, 6.07) is 7.90. The second-order valence-electron chi connectivity index (χ2n) is 4.46. The fourth-order valence-electron chi connectivity index (χ4n) is 2.01. The van der Waals surface area contributed by atoms with E-state index in [0.29, 0.717) is 17.3 Å². The van der Waals surface area contributed by atoms with Gasteiger partial charge in [-0.05, 0) is 31.5 Å². The molecule has 0 saturated heterocycles. The number of aromatic nitrogens is 3. The summed E-state index contributed by atoms with van der Waals surface area (Å²) < 4.78 is 1.96. The zero-order valence-electron chi connectivity index (χ0n) is 10.5. The molecule has 1 heterocycles. The number of aliphatic hydroxyl groups excluding tert-OH is 1. The monoisotopic (exact) mass is 265 g/mol. The van der Waals surface area contributed by atoms with Gasteiger partial charge < -0.3 is 9.67 Å². The summed E-state index contributed by atoms with van der Waals surface area (Å²) >= 11 is 5.96. The van der Waals surface area contributed by atoms with Crippen molar-refractivity contribution in [3.8, 4) is 0 Å². The molecule has 0 saturated carbocycles. The minimum atomic E-state index is -0.0965. The van der Waals surface area contributed by atoms with Gasteiger partial charge >= 0.3 is 0 Å². The van der Waals surface area contributed by atoms with Crippen LogP contribution in [0.3, 0.4) is 0 Å². The first-order chi connectivity index (χ1) is 8.61. The maximum absolute atomic E-state index is 9.25. The van der Waals surface area contributed by atoms with Crippen LogP contribution < -0.4 is 0 Å². The van der Waals surface area contributed by atoms with Crippen LogP contribution in [0.25, 0.3) is 0 Å². The molecule has 0 unspecified atom stereocenters. The molecule has 5 heteroatoms. The molecule has 0 amide bonds. The van der Waals surface area contributed by atoms with Gasteiger partial charge in [-0.15, -0.1) is 10.2 Å². The van der Waals surface area contributed by atoms with Crippen LogP contribution in [-0.4, -0.2) is 19.9 Å². The fraction of sp³-hybridized carbons (Fsp3) is 0.385. The van der Waals surface area contributed by atoms with Gasteiger partial charge in [-0.3, -0.25) is 0 Å². The first-order valence-corrected chi connectivity index (χ1v) is 6.27. The minimum absolute atomic E-state index is 0.0965. The summed E-state index contributed by atoms with van der Waals surface area (Å²) in [5.41, 5.74) is 1.08. The van der Waals surface area contributed by atoms with Gasteiger partial charge in [0.1, 0.15) is 12.4 Å². The van der Waals surface area contributed by atoms with Crippen LogP contribution in [-0.2, 0) is 13.0 Å². The lowest BCUT2D eigenvalue weighted by Crippen LogP contribution is -2.10. The predicted octanol–water partition coefficient (Wildman–Crippen LogP) is 2.60. The van der Waals surface area contributed by atoms with Gasteiger partial charge in [0.15, 0.2) is 5.82 Å². The van der Waals surface area contributed by atoms with Crippen LogP contribution in [0.4, 0.5) is 0 Å². The Balaban J connectivity index is 2.32. The summed E-state index contributed by atoms with van der Waals surface area (Å²) in [6.07, 6.45) is 0.658. The number of hydrogen-bond acceptors (Lipinski definition) is 3. The standard InChI is InChI=1S/C13H16ClN3O/c1-9(2)17-12(15-16-13(17)8-18)7-10-4-3-5-11(14)6-10/h3-6,9,18H,7-8H2,1-2H3. The second-order valence-corrected chi connectivity index (χ2v) is 4.90. The quantitative estimate of drug-likeness (QED) is 0.924. The van der Waals surface area contributed by atoms with Crippen molar-refractivity contribution >= 4 is 11.6 Å². The van der Waals surface area contributed by atoms with E-state index in [1.807, 2.05) is 42.7 Å². The first-order valence-electron chi connectivity index (χ1n) is 5.89. The lowest BCUT2D eigenvalue weighted by atomic mass is 10.1. The summed E-state index contributed by atoms with van der Waals surface area (Å²) in [6.45, 7) is 3.99. The lowest BCUT2D eigenvalue weighted by molar-refractivity contribution is 0.261. The first kappa shape index (κ1) is 13.1. The molecule has 96 valence electrons. The molecule has 2 aromatic rings. The van der Waals surface area contributed by atoms with Crippen molar-refractivity contribution in [2.75, 3.05) is 0 Å². The third-order valence-electron chi connectivity index (χ3n) is 2.75. The molecule has 1 N–H and O–H groups in total. The molecule has 0 fully saturated rings. The van der Waals surface area contributed by atoms with Crippen molar-refractivity contribution in [3.05, 3.63) is 46.5 Å². The summed E-state index contributed by atoms with van der Waals surface area (Å²) in [5.74, 6) is 1.44. The van der Waals surface area contributed by atoms with Crippen molar-refractivity contribution in [2.45, 2.75) is 32.9 Å². The molecular weight excluding hydrogens is 250 g/mol. The van der Waals surface area contributed by atoms with Crippen molar-refractivity contribution in [3.63, 3.8) is 0 Å². The third-order valence-corrected chi connectivity index (χ3v) is 2.98. The smallest absolute Gasteiger partial charge is 0.159 e. The van der Waals surface area contributed by atoms with Gasteiger partial charge in [0, 0.05) is 17.5 Å². The zero-order valence-corrected chi connectivity index (χ0v) is 11.2. The average Bonchev–Trinajstić information content (AvgIpc) is 2.72. The van der Waals surface area contributed by atoms with Crippen LogP contribution in [0.2, 0.25) is 5.02 Å². The van der Waals surface area contributed by atoms with E-state index in [-0.39, 0.29) is 12.6 Å². The fourth-order valence-corrected chi connectivity index (χ4v) is 2.23. The molecule has 4 nitrogen and oxygen atoms in total. The lowest BCUT2D eigenvalue weighted by Gasteiger charge is -2.13. The van der Waals surface area contributed by atoms with Crippen LogP contribution >= 0.6 is 11.6 Å². The Kier molecular flexibility index (Phi) is 3.99. The van der Waals surface area contributed by atoms with Gasteiger partial charge in [0.05, 0.1) is 0 Å². The van der Waals surface area contributed by atoms with E-state index in [9.17, 15) is 5.11 Å². The Labute approximate surface area is 111 Å². The summed E-state index contributed by atoms with van der Waals surface area (Å²) in [7, 11) is 0. The van der Waals surface area contributed by atoms with Crippen molar-refractivity contribution < 1.29 is 5.11 Å². The predicted molar refractivity (Wildman–Crippen MR) is 70.6 cm³/mol. The van der Waals surface area contributed by atoms with Crippen molar-refractivity contribution in [1.29, 1.82) is 0 Å². The molecule has 0 atom stereocenters. The molecule has 1 aromatic carbocycles. The molecule has 1 aromatic heterocycles. The molecular formula is C13H16ClN3O. The summed E-state index contributed by atoms with van der Waals surface area (Å²) in [5, 5.41) is 18.1. The van der Waals surface area contributed by atoms with Gasteiger partial charge in [-0.1, -0.05) is 23.7 Å². The molecule has 2 rings (SSSR count). The highest BCUT2D eigenvalue weighted by molar-refractivity contribution is 6.30. The van der Waals surface area contributed by atoms with Gasteiger partial charge in [-0.2, -0.15) is 0 Å². The highest BCUT2D eigenvalue weighted by Gasteiger charge is 2.14. The maximum atomic E-state index is 9.25. The third kappa shape index (κ3) is 2.71. The number of nitrogens with zero attached hydrogens (tertiary/aromatic N) is 3. The SMILES string of the molecule is CC(C)n1c(CO)nnc1Cc1cccc(Cl)c1. The van der Waals surface area contributed by atoms with Crippen LogP contribution in [0.1, 0.15) is 37.1 Å². The van der Waals surface area contributed by atoms with Crippen LogP contribution in [0, 0.1) is 0 Å². The van der Waals surface area contributed by atoms with E-state index in [1.165, 1.54) is 0 Å². The Hall–Kier alpha value is -1.39. The molecule has 0 aliphatic heterocycles. The maximum Gasteiger partial charge on any atom is 0.159 e. The van der Waals surface area contributed by atoms with Gasteiger partial charge in [0.25, 0.3) is 0 Å². The number of rotatable bonds is 4. The molecule has 0 aliphatic carbocycles. The normalized spacial score (nSPS) is 11.2. The van der Waals surface area contributed by atoms with E-state index in [1.54, 1.807) is 0 Å². The topological polar surface area (TPSA) is 50.9 Å². The molecule has 0 aliphatic rings. The molecule has 0 radical (unpaired) electrons. The summed E-state index contributed by atoms with van der Waals surface area (Å²) in [4.78, 5) is 0. The Morgan fingerprint density at radius 1 is 1.28 bits per heavy atom. The highest BCUT2D eigenvalue weighted by Crippen LogP contribution is 2.17. The van der Waals surface area contributed by atoms with Crippen LogP contribution in [0.5, 0.6) is 0 Å².